The molecule has 2 heterocycles. The minimum atomic E-state index is -1.42. The number of aryl methyl sites for hydroxylation is 1. The molecule has 3 atom stereocenters. The number of nitrogens with zero attached hydrogens (tertiary/aromatic N) is 3. The Hall–Kier alpha value is -3.90. The minimum Gasteiger partial charge on any atom is -0.494 e. The van der Waals surface area contributed by atoms with Crippen molar-refractivity contribution >= 4 is 5.87 Å². The van der Waals surface area contributed by atoms with E-state index in [2.05, 4.69) is 17.3 Å². The van der Waals surface area contributed by atoms with Gasteiger partial charge in [-0.2, -0.15) is 15.1 Å². The maximum atomic E-state index is 12.1. The molecule has 7 nitrogen and oxygen atoms in total. The number of aromatic nitrogens is 1. The van der Waals surface area contributed by atoms with Crippen LogP contribution in [0.15, 0.2) is 65.6 Å². The third-order valence-electron chi connectivity index (χ3n) is 6.37. The van der Waals surface area contributed by atoms with Crippen LogP contribution in [0.1, 0.15) is 42.9 Å². The number of benzene rings is 1. The summed E-state index contributed by atoms with van der Waals surface area (Å²) in [4.78, 5) is 0. The molecular formula is C26H26N5O2+. The first-order chi connectivity index (χ1) is 16.0. The van der Waals surface area contributed by atoms with Crippen LogP contribution in [0.5, 0.6) is 5.75 Å². The van der Waals surface area contributed by atoms with Crippen LogP contribution in [0.4, 0.5) is 0 Å². The number of nitrogens with one attached hydrogen (secondary N) is 2. The van der Waals surface area contributed by atoms with Crippen LogP contribution in [0, 0.1) is 40.9 Å². The first kappa shape index (κ1) is 22.3. The number of hydrogen-bond acceptors (Lipinski definition) is 6. The van der Waals surface area contributed by atoms with Crippen molar-refractivity contribution in [3.63, 3.8) is 0 Å². The summed E-state index contributed by atoms with van der Waals surface area (Å²) in [6, 6.07) is 15.1. The molecule has 166 valence electrons. The number of aliphatic hydroxyl groups is 1. The van der Waals surface area contributed by atoms with Crippen LogP contribution < -0.4 is 14.6 Å². The molecule has 3 N–H and O–H groups in total. The van der Waals surface area contributed by atoms with E-state index >= 15 is 0 Å². The van der Waals surface area contributed by atoms with Crippen molar-refractivity contribution in [2.45, 2.75) is 44.4 Å². The lowest BCUT2D eigenvalue weighted by Gasteiger charge is -2.43. The van der Waals surface area contributed by atoms with Crippen molar-refractivity contribution in [1.82, 2.24) is 5.32 Å². The topological polar surface area (TPSA) is 117 Å². The summed E-state index contributed by atoms with van der Waals surface area (Å²) in [6.07, 6.45) is 5.48. The molecule has 2 aliphatic rings. The molecule has 0 unspecified atom stereocenters. The number of ether oxygens (including phenoxy) is 1. The molecule has 1 fully saturated rings. The monoisotopic (exact) mass is 440 g/mol. The maximum absolute atomic E-state index is 12.1. The largest absolute Gasteiger partial charge is 0.494 e. The summed E-state index contributed by atoms with van der Waals surface area (Å²) in [7, 11) is 0. The van der Waals surface area contributed by atoms with E-state index in [-0.39, 0.29) is 17.2 Å². The lowest BCUT2D eigenvalue weighted by molar-refractivity contribution is -0.742. The average molecular weight is 441 g/mol. The normalized spacial score (nSPS) is 24.2. The zero-order chi connectivity index (χ0) is 23.6. The molecule has 0 radical (unpaired) electrons. The molecule has 0 spiro atoms. The fourth-order valence-corrected chi connectivity index (χ4v) is 4.63. The highest BCUT2D eigenvalue weighted by molar-refractivity contribution is 5.71. The molecule has 0 amide bonds. The predicted octanol–water partition coefficient (Wildman–Crippen LogP) is 3.18. The molecule has 0 bridgehead atoms. The van der Waals surface area contributed by atoms with Crippen LogP contribution in [-0.2, 0) is 0 Å². The third-order valence-corrected chi connectivity index (χ3v) is 6.37. The first-order valence-electron chi connectivity index (χ1n) is 11.0. The Morgan fingerprint density at radius 1 is 1.21 bits per heavy atom. The Bertz CT molecular complexity index is 1210. The summed E-state index contributed by atoms with van der Waals surface area (Å²) < 4.78 is 7.52. The van der Waals surface area contributed by atoms with E-state index in [0.717, 1.165) is 24.0 Å². The summed E-state index contributed by atoms with van der Waals surface area (Å²) in [6.45, 7) is 4.45. The van der Waals surface area contributed by atoms with Gasteiger partial charge in [0.25, 0.3) is 0 Å². The van der Waals surface area contributed by atoms with Gasteiger partial charge in [-0.05, 0) is 55.8 Å². The molecule has 33 heavy (non-hydrogen) atoms. The lowest BCUT2D eigenvalue weighted by Crippen LogP contribution is -2.66. The molecule has 1 saturated carbocycles. The Morgan fingerprint density at radius 3 is 2.39 bits per heavy atom. The zero-order valence-corrected chi connectivity index (χ0v) is 18.7. The van der Waals surface area contributed by atoms with Gasteiger partial charge >= 0.3 is 0 Å². The van der Waals surface area contributed by atoms with Crippen molar-refractivity contribution in [2.75, 3.05) is 6.61 Å². The van der Waals surface area contributed by atoms with Gasteiger partial charge in [0.05, 0.1) is 29.9 Å². The van der Waals surface area contributed by atoms with Crippen LogP contribution in [-0.4, -0.2) is 23.3 Å². The first-order valence-corrected chi connectivity index (χ1v) is 11.0. The van der Waals surface area contributed by atoms with Crippen molar-refractivity contribution in [3.8, 4) is 17.9 Å². The van der Waals surface area contributed by atoms with E-state index in [0.29, 0.717) is 17.9 Å². The van der Waals surface area contributed by atoms with E-state index in [1.54, 1.807) is 0 Å². The second kappa shape index (κ2) is 8.92. The standard InChI is InChI=1S/C26H26N5O2/c1-3-33-21-8-4-18(5-9-21)23-22(16-29)24(19(14-27)15-28)30-26(32,20-6-7-20)25(23)31-12-10-17(2)11-13-31/h4-5,8-13,20,23,25,27,30,32H,3,6-7H2,1-2H3/q+1/t23-,25-,26+/m1/s1. The molecule has 4 rings (SSSR count). The van der Waals surface area contributed by atoms with Crippen molar-refractivity contribution in [3.05, 3.63) is 76.8 Å². The van der Waals surface area contributed by atoms with E-state index in [9.17, 15) is 15.6 Å². The fourth-order valence-electron chi connectivity index (χ4n) is 4.63. The van der Waals surface area contributed by atoms with Crippen molar-refractivity contribution in [2.24, 2.45) is 5.92 Å². The van der Waals surface area contributed by atoms with Gasteiger partial charge in [0.15, 0.2) is 12.4 Å². The quantitative estimate of drug-likeness (QED) is 0.362. The van der Waals surface area contributed by atoms with Gasteiger partial charge in [-0.25, -0.2) is 0 Å². The Balaban J connectivity index is 1.98. The van der Waals surface area contributed by atoms with E-state index in [1.165, 1.54) is 0 Å². The van der Waals surface area contributed by atoms with Crippen molar-refractivity contribution in [1.29, 1.82) is 15.9 Å². The number of pyridine rings is 1. The highest BCUT2D eigenvalue weighted by atomic mass is 16.5. The Kier molecular flexibility index (Phi) is 6.03. The van der Waals surface area contributed by atoms with Crippen LogP contribution in [0.2, 0.25) is 0 Å². The van der Waals surface area contributed by atoms with Gasteiger partial charge in [0.1, 0.15) is 17.4 Å². The van der Waals surface area contributed by atoms with E-state index in [1.807, 2.05) is 73.3 Å². The molecule has 1 aromatic heterocycles. The maximum Gasteiger partial charge on any atom is 0.216 e. The number of nitriles is 2. The third kappa shape index (κ3) is 4.01. The van der Waals surface area contributed by atoms with Gasteiger partial charge in [0, 0.05) is 18.1 Å². The highest BCUT2D eigenvalue weighted by Crippen LogP contribution is 2.52. The van der Waals surface area contributed by atoms with E-state index in [4.69, 9.17) is 10.1 Å². The highest BCUT2D eigenvalue weighted by Gasteiger charge is 2.61. The number of allylic oxidation sites excluding steroid dienone is 2. The SMILES string of the molecule is CCOc1ccc([C@@H]2C(C#N)=C(C(=C=N)C#N)N[C@](O)(C3CC3)[C@@H]2[n+]2ccc(C)cc2)cc1. The number of hydrogen-bond donors (Lipinski definition) is 3. The van der Waals surface area contributed by atoms with Crippen LogP contribution in [0.3, 0.4) is 0 Å². The fraction of sp³-hybridized carbons (Fsp3) is 0.346. The molecule has 1 aromatic carbocycles. The number of rotatable bonds is 6. The summed E-state index contributed by atoms with van der Waals surface area (Å²) >= 11 is 0. The average Bonchev–Trinajstić information content (AvgIpc) is 3.67. The molecule has 0 saturated heterocycles. The molecule has 7 heteroatoms. The smallest absolute Gasteiger partial charge is 0.216 e. The summed E-state index contributed by atoms with van der Waals surface area (Å²) in [5, 5.41) is 42.6. The van der Waals surface area contributed by atoms with Crippen LogP contribution in [0.25, 0.3) is 0 Å². The Morgan fingerprint density at radius 2 is 1.88 bits per heavy atom. The van der Waals surface area contributed by atoms with Crippen LogP contribution >= 0.6 is 0 Å². The molecule has 2 aromatic rings. The van der Waals surface area contributed by atoms with Crippen molar-refractivity contribution < 1.29 is 14.4 Å². The minimum absolute atomic E-state index is 0.0533. The predicted molar refractivity (Wildman–Crippen MR) is 121 cm³/mol. The summed E-state index contributed by atoms with van der Waals surface area (Å²) in [5.74, 6) is 2.24. The van der Waals surface area contributed by atoms with E-state index < -0.39 is 17.7 Å². The Labute approximate surface area is 193 Å². The van der Waals surface area contributed by atoms with Gasteiger partial charge in [-0.15, -0.1) is 0 Å². The second-order valence-corrected chi connectivity index (χ2v) is 8.48. The summed E-state index contributed by atoms with van der Waals surface area (Å²) in [5.41, 5.74) is 0.837. The second-order valence-electron chi connectivity index (χ2n) is 8.48. The molecular weight excluding hydrogens is 414 g/mol. The van der Waals surface area contributed by atoms with Gasteiger partial charge in [0.2, 0.25) is 11.8 Å². The molecule has 1 aliphatic heterocycles. The van der Waals surface area contributed by atoms with Gasteiger partial charge in [-0.3, -0.25) is 5.41 Å². The van der Waals surface area contributed by atoms with Gasteiger partial charge < -0.3 is 15.2 Å². The lowest BCUT2D eigenvalue weighted by atomic mass is 9.73. The van der Waals surface area contributed by atoms with Gasteiger partial charge in [-0.1, -0.05) is 12.1 Å². The molecule has 1 aliphatic carbocycles. The zero-order valence-electron chi connectivity index (χ0n) is 18.7.